The van der Waals surface area contributed by atoms with E-state index in [1.807, 2.05) is 84.9 Å². The van der Waals surface area contributed by atoms with E-state index in [1.165, 1.54) is 6.21 Å². The molecule has 3 aromatic rings. The van der Waals surface area contributed by atoms with Gasteiger partial charge in [-0.15, -0.1) is 0 Å². The van der Waals surface area contributed by atoms with E-state index in [-0.39, 0.29) is 11.9 Å². The average molecular weight is 457 g/mol. The van der Waals surface area contributed by atoms with Crippen LogP contribution in [-0.4, -0.2) is 25.3 Å². The summed E-state index contributed by atoms with van der Waals surface area (Å²) in [5.74, 6) is 1.36. The number of rotatable bonds is 9. The molecule has 7 heteroatoms. The molecule has 0 radical (unpaired) electrons. The Morgan fingerprint density at radius 1 is 1.00 bits per heavy atom. The molecule has 7 nitrogen and oxygen atoms in total. The Balaban J connectivity index is 1.30. The van der Waals surface area contributed by atoms with Gasteiger partial charge < -0.3 is 9.47 Å². The van der Waals surface area contributed by atoms with Gasteiger partial charge >= 0.3 is 0 Å². The maximum Gasteiger partial charge on any atom is 0.258 e. The third-order valence-electron chi connectivity index (χ3n) is 5.50. The fraction of sp³-hybridized carbons (Fsp3) is 0.185. The molecule has 1 aliphatic rings. The lowest BCUT2D eigenvalue weighted by molar-refractivity contribution is -0.122. The van der Waals surface area contributed by atoms with Crippen molar-refractivity contribution >= 4 is 18.2 Å². The highest BCUT2D eigenvalue weighted by Gasteiger charge is 2.31. The van der Waals surface area contributed by atoms with Crippen molar-refractivity contribution in [3.8, 4) is 11.5 Å². The van der Waals surface area contributed by atoms with Gasteiger partial charge in [-0.2, -0.15) is 5.10 Å². The van der Waals surface area contributed by atoms with Gasteiger partial charge in [0.05, 0.1) is 13.2 Å². The summed E-state index contributed by atoms with van der Waals surface area (Å²) in [6.45, 7) is 0.485. The van der Waals surface area contributed by atoms with Gasteiger partial charge in [-0.3, -0.25) is 4.79 Å². The van der Waals surface area contributed by atoms with Crippen LogP contribution in [0.25, 0.3) is 6.08 Å². The maximum atomic E-state index is 12.5. The molecule has 1 saturated heterocycles. The third-order valence-corrected chi connectivity index (χ3v) is 5.50. The molecule has 0 aliphatic carbocycles. The lowest BCUT2D eigenvalue weighted by atomic mass is 10.0. The summed E-state index contributed by atoms with van der Waals surface area (Å²) in [6, 6.07) is 25.1. The van der Waals surface area contributed by atoms with E-state index >= 15 is 0 Å². The minimum atomic E-state index is -0.414. The first-order chi connectivity index (χ1) is 16.7. The van der Waals surface area contributed by atoms with Gasteiger partial charge in [-0.1, -0.05) is 66.7 Å². The number of amides is 1. The first-order valence-electron chi connectivity index (χ1n) is 11.1. The summed E-state index contributed by atoms with van der Waals surface area (Å²) in [5, 5.41) is 4.02. The van der Waals surface area contributed by atoms with E-state index < -0.39 is 6.04 Å². The second kappa shape index (κ2) is 11.8. The predicted molar refractivity (Wildman–Crippen MR) is 133 cm³/mol. The van der Waals surface area contributed by atoms with Crippen LogP contribution in [0.3, 0.4) is 0 Å². The Kier molecular flexibility index (Phi) is 8.05. The zero-order valence-electron chi connectivity index (χ0n) is 19.0. The van der Waals surface area contributed by atoms with Crippen LogP contribution >= 0.6 is 0 Å². The molecular weight excluding hydrogens is 428 g/mol. The SMILES string of the molecule is COc1ccccc1/C=C\C=N\NC(=O)C1CC(c2ccccc2OCc2ccccc2)NN1. The first-order valence-corrected chi connectivity index (χ1v) is 11.1. The smallest absolute Gasteiger partial charge is 0.258 e. The number of carbonyl (C=O) groups is 1. The van der Waals surface area contributed by atoms with Crippen molar-refractivity contribution in [1.82, 2.24) is 16.3 Å². The van der Waals surface area contributed by atoms with Gasteiger partial charge in [0.25, 0.3) is 5.91 Å². The fourth-order valence-corrected chi connectivity index (χ4v) is 3.74. The van der Waals surface area contributed by atoms with E-state index in [0.29, 0.717) is 13.0 Å². The van der Waals surface area contributed by atoms with Crippen molar-refractivity contribution in [2.75, 3.05) is 7.11 Å². The van der Waals surface area contributed by atoms with Gasteiger partial charge in [0.2, 0.25) is 0 Å². The highest BCUT2D eigenvalue weighted by molar-refractivity contribution is 5.84. The van der Waals surface area contributed by atoms with E-state index in [1.54, 1.807) is 13.2 Å². The Morgan fingerprint density at radius 2 is 1.74 bits per heavy atom. The Bertz CT molecular complexity index is 1150. The molecule has 1 aliphatic heterocycles. The van der Waals surface area contributed by atoms with Gasteiger partial charge in [0, 0.05) is 17.3 Å². The molecular formula is C27H28N4O3. The fourth-order valence-electron chi connectivity index (χ4n) is 3.74. The lowest BCUT2D eigenvalue weighted by Gasteiger charge is -2.16. The standard InChI is InChI=1S/C27H28N4O3/c1-33-25-15-7-5-12-21(25)13-9-17-28-31-27(32)24-18-23(29-30-24)22-14-6-8-16-26(22)34-19-20-10-3-2-4-11-20/h2-17,23-24,29-30H,18-19H2,1H3,(H,31,32)/b13-9-,28-17+. The Morgan fingerprint density at radius 3 is 2.56 bits per heavy atom. The quantitative estimate of drug-likeness (QED) is 0.335. The molecule has 1 fully saturated rings. The largest absolute Gasteiger partial charge is 0.496 e. The second-order valence-electron chi connectivity index (χ2n) is 7.80. The van der Waals surface area contributed by atoms with E-state index in [0.717, 1.165) is 28.2 Å². The zero-order valence-corrected chi connectivity index (χ0v) is 19.0. The van der Waals surface area contributed by atoms with Gasteiger partial charge in [0.1, 0.15) is 24.1 Å². The van der Waals surface area contributed by atoms with Crippen molar-refractivity contribution in [3.63, 3.8) is 0 Å². The molecule has 0 aromatic heterocycles. The van der Waals surface area contributed by atoms with E-state index in [4.69, 9.17) is 9.47 Å². The Hall–Kier alpha value is -3.94. The number of benzene rings is 3. The number of para-hydroxylation sites is 2. The van der Waals surface area contributed by atoms with E-state index in [9.17, 15) is 4.79 Å². The van der Waals surface area contributed by atoms with Crippen LogP contribution in [0.15, 0.2) is 90.0 Å². The summed E-state index contributed by atoms with van der Waals surface area (Å²) in [4.78, 5) is 12.5. The molecule has 1 heterocycles. The molecule has 2 atom stereocenters. The highest BCUT2D eigenvalue weighted by Crippen LogP contribution is 2.30. The first kappa shape index (κ1) is 23.2. The van der Waals surface area contributed by atoms with Crippen molar-refractivity contribution < 1.29 is 14.3 Å². The van der Waals surface area contributed by atoms with Crippen molar-refractivity contribution in [2.24, 2.45) is 5.10 Å². The van der Waals surface area contributed by atoms with Crippen molar-refractivity contribution in [1.29, 1.82) is 0 Å². The topological polar surface area (TPSA) is 84.0 Å². The molecule has 1 amide bonds. The number of ether oxygens (including phenoxy) is 2. The van der Waals surface area contributed by atoms with Crippen molar-refractivity contribution in [2.45, 2.75) is 25.1 Å². The molecule has 2 unspecified atom stereocenters. The highest BCUT2D eigenvalue weighted by atomic mass is 16.5. The van der Waals surface area contributed by atoms with Crippen LogP contribution in [0.4, 0.5) is 0 Å². The third kappa shape index (κ3) is 6.10. The van der Waals surface area contributed by atoms with Gasteiger partial charge in [-0.25, -0.2) is 16.3 Å². The molecule has 34 heavy (non-hydrogen) atoms. The van der Waals surface area contributed by atoms with E-state index in [2.05, 4.69) is 21.4 Å². The maximum absolute atomic E-state index is 12.5. The minimum absolute atomic E-state index is 0.0582. The average Bonchev–Trinajstić information content (AvgIpc) is 3.38. The van der Waals surface area contributed by atoms with Crippen LogP contribution in [0.5, 0.6) is 11.5 Å². The summed E-state index contributed by atoms with van der Waals surface area (Å²) in [5.41, 5.74) is 11.9. The van der Waals surface area contributed by atoms with Crippen molar-refractivity contribution in [3.05, 3.63) is 102 Å². The molecule has 3 N–H and O–H groups in total. The zero-order chi connectivity index (χ0) is 23.6. The molecule has 0 saturated carbocycles. The summed E-state index contributed by atoms with van der Waals surface area (Å²) in [6.07, 6.45) is 5.73. The molecule has 0 spiro atoms. The van der Waals surface area contributed by atoms with Crippen LogP contribution in [0.2, 0.25) is 0 Å². The molecule has 4 rings (SSSR count). The summed E-state index contributed by atoms with van der Waals surface area (Å²) < 4.78 is 11.4. The van der Waals surface area contributed by atoms with Crippen LogP contribution in [-0.2, 0) is 11.4 Å². The normalized spacial score (nSPS) is 17.8. The predicted octanol–water partition coefficient (Wildman–Crippen LogP) is 4.00. The van der Waals surface area contributed by atoms with Gasteiger partial charge in [-0.05, 0) is 36.3 Å². The summed E-state index contributed by atoms with van der Waals surface area (Å²) >= 11 is 0. The summed E-state index contributed by atoms with van der Waals surface area (Å²) in [7, 11) is 1.63. The molecule has 0 bridgehead atoms. The van der Waals surface area contributed by atoms with Crippen LogP contribution in [0.1, 0.15) is 29.2 Å². The number of hydrogen-bond acceptors (Lipinski definition) is 6. The molecule has 174 valence electrons. The number of nitrogens with zero attached hydrogens (tertiary/aromatic N) is 1. The number of allylic oxidation sites excluding steroid dienone is 1. The van der Waals surface area contributed by atoms with Crippen LogP contribution < -0.4 is 25.8 Å². The Labute approximate surface area is 199 Å². The number of nitrogens with one attached hydrogen (secondary N) is 3. The minimum Gasteiger partial charge on any atom is -0.496 e. The number of hydrazone groups is 1. The second-order valence-corrected chi connectivity index (χ2v) is 7.80. The number of carbonyl (C=O) groups excluding carboxylic acids is 1. The monoisotopic (exact) mass is 456 g/mol. The number of hydrogen-bond donors (Lipinski definition) is 3. The van der Waals surface area contributed by atoms with Gasteiger partial charge in [0.15, 0.2) is 0 Å². The number of hydrazine groups is 1. The molecule has 3 aromatic carbocycles. The lowest BCUT2D eigenvalue weighted by Crippen LogP contribution is -2.41. The number of methoxy groups -OCH3 is 1. The van der Waals surface area contributed by atoms with Crippen LogP contribution in [0, 0.1) is 0 Å².